The van der Waals surface area contributed by atoms with Gasteiger partial charge in [-0.3, -0.25) is 4.79 Å². The molecule has 4 heteroatoms. The first kappa shape index (κ1) is 21.4. The van der Waals surface area contributed by atoms with Gasteiger partial charge in [0.05, 0.1) is 7.11 Å². The maximum absolute atomic E-state index is 12.7. The second-order valence-electron chi connectivity index (χ2n) is 7.95. The highest BCUT2D eigenvalue weighted by atomic mass is 16.5. The van der Waals surface area contributed by atoms with Crippen LogP contribution in [0.3, 0.4) is 0 Å². The van der Waals surface area contributed by atoms with E-state index in [0.717, 1.165) is 38.2 Å². The van der Waals surface area contributed by atoms with Crippen LogP contribution in [0.15, 0.2) is 48.5 Å². The fourth-order valence-electron chi connectivity index (χ4n) is 4.23. The molecule has 0 bridgehead atoms. The first-order valence-electron chi connectivity index (χ1n) is 10.7. The predicted octanol–water partition coefficient (Wildman–Crippen LogP) is 4.85. The topological polar surface area (TPSA) is 47.6 Å². The minimum absolute atomic E-state index is 0.0362. The van der Waals surface area contributed by atoms with Crippen LogP contribution in [-0.4, -0.2) is 32.3 Å². The van der Waals surface area contributed by atoms with Crippen molar-refractivity contribution in [2.24, 2.45) is 5.92 Å². The van der Waals surface area contributed by atoms with Crippen LogP contribution in [0.5, 0.6) is 5.75 Å². The number of aryl methyl sites for hydroxylation is 1. The molecule has 1 heterocycles. The van der Waals surface area contributed by atoms with Gasteiger partial charge in [-0.2, -0.15) is 0 Å². The Morgan fingerprint density at radius 1 is 1.07 bits per heavy atom. The number of amides is 1. The van der Waals surface area contributed by atoms with Gasteiger partial charge in [0.1, 0.15) is 5.75 Å². The standard InChI is InChI=1S/C25H33NO3/c1-4-5-23(27)26-25(21-14-16-29-17-15-21)24(19-8-6-18(2)7-9-19)20-10-12-22(28-3)13-11-20/h6-13,21,24-25H,4-5,14-17H2,1-3H3,(H,26,27)/t24-,25-/m1/s1. The zero-order valence-electron chi connectivity index (χ0n) is 17.8. The van der Waals surface area contributed by atoms with Crippen molar-refractivity contribution in [1.82, 2.24) is 5.32 Å². The molecule has 0 saturated carbocycles. The van der Waals surface area contributed by atoms with Crippen molar-refractivity contribution in [2.45, 2.75) is 51.5 Å². The number of carbonyl (C=O) groups excluding carboxylic acids is 1. The van der Waals surface area contributed by atoms with Crippen LogP contribution in [0, 0.1) is 12.8 Å². The third-order valence-corrected chi connectivity index (χ3v) is 5.85. The fraction of sp³-hybridized carbons (Fsp3) is 0.480. The molecule has 1 amide bonds. The third kappa shape index (κ3) is 5.60. The number of nitrogens with one attached hydrogen (secondary N) is 1. The molecule has 4 nitrogen and oxygen atoms in total. The summed E-state index contributed by atoms with van der Waals surface area (Å²) in [4.78, 5) is 12.7. The van der Waals surface area contributed by atoms with Crippen LogP contribution in [-0.2, 0) is 9.53 Å². The molecule has 2 aromatic carbocycles. The number of ether oxygens (including phenoxy) is 2. The van der Waals surface area contributed by atoms with E-state index in [9.17, 15) is 4.79 Å². The highest BCUT2D eigenvalue weighted by Crippen LogP contribution is 2.36. The molecular formula is C25H33NO3. The number of hydrogen-bond acceptors (Lipinski definition) is 3. The largest absolute Gasteiger partial charge is 0.497 e. The smallest absolute Gasteiger partial charge is 0.220 e. The zero-order valence-corrected chi connectivity index (χ0v) is 17.8. The maximum Gasteiger partial charge on any atom is 0.220 e. The van der Waals surface area contributed by atoms with Crippen molar-refractivity contribution < 1.29 is 14.3 Å². The van der Waals surface area contributed by atoms with E-state index < -0.39 is 0 Å². The molecule has 0 aromatic heterocycles. The molecule has 2 atom stereocenters. The van der Waals surface area contributed by atoms with Crippen molar-refractivity contribution in [3.63, 3.8) is 0 Å². The summed E-state index contributed by atoms with van der Waals surface area (Å²) < 4.78 is 11.0. The van der Waals surface area contributed by atoms with Crippen LogP contribution in [0.4, 0.5) is 0 Å². The van der Waals surface area contributed by atoms with E-state index in [-0.39, 0.29) is 17.9 Å². The summed E-state index contributed by atoms with van der Waals surface area (Å²) in [7, 11) is 1.68. The molecule has 0 spiro atoms. The molecule has 0 unspecified atom stereocenters. The monoisotopic (exact) mass is 395 g/mol. The Morgan fingerprint density at radius 2 is 1.66 bits per heavy atom. The molecular weight excluding hydrogens is 362 g/mol. The second-order valence-corrected chi connectivity index (χ2v) is 7.95. The summed E-state index contributed by atoms with van der Waals surface area (Å²) in [5.41, 5.74) is 3.66. The van der Waals surface area contributed by atoms with E-state index in [4.69, 9.17) is 9.47 Å². The first-order valence-corrected chi connectivity index (χ1v) is 10.7. The van der Waals surface area contributed by atoms with Gasteiger partial charge in [0.25, 0.3) is 0 Å². The van der Waals surface area contributed by atoms with Crippen LogP contribution in [0.2, 0.25) is 0 Å². The molecule has 1 aliphatic heterocycles. The number of carbonyl (C=O) groups is 1. The average molecular weight is 396 g/mol. The number of rotatable bonds is 8. The normalized spacial score (nSPS) is 16.8. The lowest BCUT2D eigenvalue weighted by molar-refractivity contribution is -0.122. The van der Waals surface area contributed by atoms with E-state index >= 15 is 0 Å². The number of hydrogen-bond donors (Lipinski definition) is 1. The summed E-state index contributed by atoms with van der Waals surface area (Å²) in [5, 5.41) is 3.40. The number of methoxy groups -OCH3 is 1. The van der Waals surface area contributed by atoms with Crippen LogP contribution in [0.1, 0.15) is 55.2 Å². The van der Waals surface area contributed by atoms with E-state index in [1.807, 2.05) is 19.1 Å². The summed E-state index contributed by atoms with van der Waals surface area (Å²) in [5.74, 6) is 1.45. The average Bonchev–Trinajstić information content (AvgIpc) is 2.76. The molecule has 0 radical (unpaired) electrons. The fourth-order valence-corrected chi connectivity index (χ4v) is 4.23. The van der Waals surface area contributed by atoms with Crippen LogP contribution < -0.4 is 10.1 Å². The highest BCUT2D eigenvalue weighted by molar-refractivity contribution is 5.76. The van der Waals surface area contributed by atoms with Gasteiger partial charge in [0, 0.05) is 31.6 Å². The molecule has 29 heavy (non-hydrogen) atoms. The van der Waals surface area contributed by atoms with Crippen molar-refractivity contribution >= 4 is 5.91 Å². The van der Waals surface area contributed by atoms with E-state index in [2.05, 4.69) is 48.6 Å². The molecule has 2 aromatic rings. The Morgan fingerprint density at radius 3 is 2.21 bits per heavy atom. The Balaban J connectivity index is 2.02. The zero-order chi connectivity index (χ0) is 20.6. The van der Waals surface area contributed by atoms with Gasteiger partial charge in [-0.05, 0) is 55.4 Å². The minimum atomic E-state index is 0.0362. The number of benzene rings is 2. The third-order valence-electron chi connectivity index (χ3n) is 5.85. The lowest BCUT2D eigenvalue weighted by Crippen LogP contribution is -2.46. The Kier molecular flexibility index (Phi) is 7.70. The van der Waals surface area contributed by atoms with Crippen molar-refractivity contribution in [1.29, 1.82) is 0 Å². The lowest BCUT2D eigenvalue weighted by Gasteiger charge is -2.37. The van der Waals surface area contributed by atoms with Crippen molar-refractivity contribution in [2.75, 3.05) is 20.3 Å². The summed E-state index contributed by atoms with van der Waals surface area (Å²) >= 11 is 0. The van der Waals surface area contributed by atoms with Gasteiger partial charge in [-0.25, -0.2) is 0 Å². The van der Waals surface area contributed by atoms with Gasteiger partial charge in [-0.1, -0.05) is 48.9 Å². The van der Waals surface area contributed by atoms with Crippen molar-refractivity contribution in [3.05, 3.63) is 65.2 Å². The van der Waals surface area contributed by atoms with Crippen LogP contribution in [0.25, 0.3) is 0 Å². The van der Waals surface area contributed by atoms with Gasteiger partial charge < -0.3 is 14.8 Å². The molecule has 0 aliphatic carbocycles. The van der Waals surface area contributed by atoms with Gasteiger partial charge in [-0.15, -0.1) is 0 Å². The van der Waals surface area contributed by atoms with Gasteiger partial charge in [0.15, 0.2) is 0 Å². The van der Waals surface area contributed by atoms with E-state index in [0.29, 0.717) is 12.3 Å². The molecule has 1 N–H and O–H groups in total. The second kappa shape index (κ2) is 10.4. The SMILES string of the molecule is CCCC(=O)N[C@H](C1CCOCC1)[C@H](c1ccc(C)cc1)c1ccc(OC)cc1. The Bertz CT molecular complexity index is 764. The Hall–Kier alpha value is -2.33. The first-order chi connectivity index (χ1) is 14.1. The van der Waals surface area contributed by atoms with Gasteiger partial charge in [0.2, 0.25) is 5.91 Å². The maximum atomic E-state index is 12.7. The van der Waals surface area contributed by atoms with Crippen LogP contribution >= 0.6 is 0 Å². The summed E-state index contributed by atoms with van der Waals surface area (Å²) in [6.07, 6.45) is 3.35. The molecule has 156 valence electrons. The van der Waals surface area contributed by atoms with E-state index in [1.165, 1.54) is 16.7 Å². The van der Waals surface area contributed by atoms with E-state index in [1.54, 1.807) is 7.11 Å². The molecule has 1 fully saturated rings. The van der Waals surface area contributed by atoms with Gasteiger partial charge >= 0.3 is 0 Å². The molecule has 3 rings (SSSR count). The minimum Gasteiger partial charge on any atom is -0.497 e. The molecule has 1 saturated heterocycles. The highest BCUT2D eigenvalue weighted by Gasteiger charge is 2.34. The summed E-state index contributed by atoms with van der Waals surface area (Å²) in [6, 6.07) is 17.0. The lowest BCUT2D eigenvalue weighted by atomic mass is 9.76. The van der Waals surface area contributed by atoms with Crippen molar-refractivity contribution in [3.8, 4) is 5.75 Å². The summed E-state index contributed by atoms with van der Waals surface area (Å²) in [6.45, 7) is 5.66. The Labute approximate surface area is 174 Å². The molecule has 1 aliphatic rings. The predicted molar refractivity (Wildman–Crippen MR) is 116 cm³/mol. The quantitative estimate of drug-likeness (QED) is 0.695.